The van der Waals surface area contributed by atoms with Crippen molar-refractivity contribution in [3.05, 3.63) is 53.7 Å². The molecule has 2 atom stereocenters. The normalized spacial score (nSPS) is 22.7. The summed E-state index contributed by atoms with van der Waals surface area (Å²) in [5.41, 5.74) is 11.0. The number of aromatic nitrogens is 4. The summed E-state index contributed by atoms with van der Waals surface area (Å²) in [6, 6.07) is 8.25. The van der Waals surface area contributed by atoms with Crippen molar-refractivity contribution in [1.82, 2.24) is 25.5 Å². The van der Waals surface area contributed by atoms with Gasteiger partial charge in [0.1, 0.15) is 5.82 Å². The second-order valence-corrected chi connectivity index (χ2v) is 7.56. The van der Waals surface area contributed by atoms with Crippen LogP contribution in [0.1, 0.15) is 49.3 Å². The Morgan fingerprint density at radius 1 is 1.32 bits per heavy atom. The predicted molar refractivity (Wildman–Crippen MR) is 110 cm³/mol. The second kappa shape index (κ2) is 6.49. The molecule has 1 fully saturated rings. The molecule has 1 aromatic carbocycles. The van der Waals surface area contributed by atoms with Crippen LogP contribution in [0.5, 0.6) is 0 Å². The number of aliphatic imine (C=N–C) groups is 1. The lowest BCUT2D eigenvalue weighted by Crippen LogP contribution is -2.57. The van der Waals surface area contributed by atoms with Gasteiger partial charge >= 0.3 is 0 Å². The van der Waals surface area contributed by atoms with Gasteiger partial charge in [-0.3, -0.25) is 15.8 Å². The van der Waals surface area contributed by atoms with E-state index in [0.717, 1.165) is 34.7 Å². The molecule has 2 aromatic heterocycles. The lowest BCUT2D eigenvalue weighted by Gasteiger charge is -2.37. The molecular formula is C20H24N8. The van der Waals surface area contributed by atoms with E-state index in [0.29, 0.717) is 5.92 Å². The minimum atomic E-state index is -0.949. The fraction of sp³-hybridized carbons (Fsp3) is 0.350. The van der Waals surface area contributed by atoms with E-state index < -0.39 is 5.79 Å². The zero-order valence-electron chi connectivity index (χ0n) is 15.7. The number of nitrogens with zero attached hydrogens (tertiary/aromatic N) is 3. The van der Waals surface area contributed by atoms with E-state index in [1.54, 1.807) is 12.5 Å². The molecule has 6 N–H and O–H groups in total. The van der Waals surface area contributed by atoms with Crippen molar-refractivity contribution < 1.29 is 0 Å². The van der Waals surface area contributed by atoms with Crippen LogP contribution in [-0.2, 0) is 0 Å². The summed E-state index contributed by atoms with van der Waals surface area (Å²) < 4.78 is 0. The number of fused-ring (bicyclic) bond motifs is 1. The van der Waals surface area contributed by atoms with Crippen LogP contribution in [0.15, 0.2) is 47.5 Å². The first-order valence-electron chi connectivity index (χ1n) is 9.72. The highest BCUT2D eigenvalue weighted by molar-refractivity contribution is 5.76. The molecule has 5 rings (SSSR count). The number of aromatic amines is 2. The Labute approximate surface area is 162 Å². The molecule has 28 heavy (non-hydrogen) atoms. The summed E-state index contributed by atoms with van der Waals surface area (Å²) in [5.74, 6) is 1.24. The maximum absolute atomic E-state index is 6.73. The molecule has 1 aliphatic heterocycles. The number of rotatable bonds is 6. The zero-order chi connectivity index (χ0) is 19.1. The summed E-state index contributed by atoms with van der Waals surface area (Å²) in [6.45, 7) is 2.12. The minimum absolute atomic E-state index is 0.0110. The molecule has 0 radical (unpaired) electrons. The lowest BCUT2D eigenvalue weighted by molar-refractivity contribution is 0.302. The molecule has 3 aromatic rings. The molecule has 0 saturated heterocycles. The molecule has 0 spiro atoms. The van der Waals surface area contributed by atoms with Crippen molar-refractivity contribution in [2.45, 2.75) is 43.8 Å². The quantitative estimate of drug-likeness (QED) is 0.453. The number of hydrogen-bond donors (Lipinski definition) is 5. The molecule has 8 heteroatoms. The molecule has 144 valence electrons. The van der Waals surface area contributed by atoms with Gasteiger partial charge in [0.2, 0.25) is 0 Å². The van der Waals surface area contributed by atoms with Gasteiger partial charge in [-0.25, -0.2) is 4.98 Å². The van der Waals surface area contributed by atoms with Gasteiger partial charge in [0.25, 0.3) is 0 Å². The Hall–Kier alpha value is -3.13. The number of nitrogens with one attached hydrogen (secondary N) is 4. The summed E-state index contributed by atoms with van der Waals surface area (Å²) in [7, 11) is 0. The number of benzene rings is 1. The van der Waals surface area contributed by atoms with Crippen LogP contribution in [-0.4, -0.2) is 32.2 Å². The van der Waals surface area contributed by atoms with Crippen molar-refractivity contribution in [2.24, 2.45) is 10.7 Å². The van der Waals surface area contributed by atoms with Crippen molar-refractivity contribution in [2.75, 3.05) is 5.32 Å². The van der Waals surface area contributed by atoms with Crippen molar-refractivity contribution in [1.29, 1.82) is 0 Å². The van der Waals surface area contributed by atoms with Crippen LogP contribution in [0, 0.1) is 0 Å². The van der Waals surface area contributed by atoms with Gasteiger partial charge < -0.3 is 15.6 Å². The summed E-state index contributed by atoms with van der Waals surface area (Å²) in [4.78, 5) is 12.0. The molecule has 0 amide bonds. The number of H-pyrrole nitrogens is 2. The molecular weight excluding hydrogens is 352 g/mol. The third kappa shape index (κ3) is 3.05. The SMILES string of the molecule is CC[C@@H](c1ccc2nc[nH]c2c1)C1(N)N=CC=C(Nc2cc(C3CC3)[nH]n2)N1. The largest absolute Gasteiger partial charge is 0.345 e. The molecule has 8 nitrogen and oxygen atoms in total. The monoisotopic (exact) mass is 376 g/mol. The minimum Gasteiger partial charge on any atom is -0.345 e. The topological polar surface area (TPSA) is 120 Å². The van der Waals surface area contributed by atoms with Gasteiger partial charge in [-0.2, -0.15) is 5.10 Å². The summed E-state index contributed by atoms with van der Waals surface area (Å²) >= 11 is 0. The predicted octanol–water partition coefficient (Wildman–Crippen LogP) is 2.90. The number of allylic oxidation sites excluding steroid dienone is 1. The van der Waals surface area contributed by atoms with Crippen LogP contribution in [0.2, 0.25) is 0 Å². The Kier molecular flexibility index (Phi) is 3.94. The average Bonchev–Trinajstić information content (AvgIpc) is 3.24. The molecule has 2 aliphatic rings. The first kappa shape index (κ1) is 17.0. The van der Waals surface area contributed by atoms with Gasteiger partial charge in [-0.1, -0.05) is 13.0 Å². The number of nitrogens with two attached hydrogens (primary N) is 1. The van der Waals surface area contributed by atoms with E-state index in [1.165, 1.54) is 18.5 Å². The highest BCUT2D eigenvalue weighted by atomic mass is 15.3. The molecule has 3 heterocycles. The second-order valence-electron chi connectivity index (χ2n) is 7.56. The fourth-order valence-electron chi connectivity index (χ4n) is 3.89. The van der Waals surface area contributed by atoms with E-state index in [9.17, 15) is 0 Å². The standard InChI is InChI=1S/C20H24N8/c1-2-14(13-5-6-15-17(9-13)23-11-22-15)20(21)24-8-7-18(26-20)25-19-10-16(27-28-19)12-3-4-12/h5-12,14,26H,2-4,21H2,1H3,(H,22,23)(H2,25,27,28)/t14-,20?/m0/s1. The Balaban J connectivity index is 1.37. The van der Waals surface area contributed by atoms with Crippen LogP contribution in [0.3, 0.4) is 0 Å². The first-order chi connectivity index (χ1) is 13.6. The Morgan fingerprint density at radius 2 is 2.21 bits per heavy atom. The van der Waals surface area contributed by atoms with Crippen molar-refractivity contribution >= 4 is 23.1 Å². The van der Waals surface area contributed by atoms with E-state index in [2.05, 4.69) is 60.9 Å². The zero-order valence-corrected chi connectivity index (χ0v) is 15.7. The lowest BCUT2D eigenvalue weighted by atomic mass is 9.89. The third-order valence-corrected chi connectivity index (χ3v) is 5.53. The van der Waals surface area contributed by atoms with E-state index in [4.69, 9.17) is 5.73 Å². The van der Waals surface area contributed by atoms with E-state index in [-0.39, 0.29) is 5.92 Å². The van der Waals surface area contributed by atoms with E-state index >= 15 is 0 Å². The fourth-order valence-corrected chi connectivity index (χ4v) is 3.89. The summed E-state index contributed by atoms with van der Waals surface area (Å²) in [5, 5.41) is 14.2. The van der Waals surface area contributed by atoms with Gasteiger partial charge in [-0.05, 0) is 43.0 Å². The Bertz CT molecular complexity index is 1060. The smallest absolute Gasteiger partial charge is 0.190 e. The van der Waals surface area contributed by atoms with Crippen molar-refractivity contribution in [3.63, 3.8) is 0 Å². The number of anilines is 1. The molecule has 1 unspecified atom stereocenters. The van der Waals surface area contributed by atoms with Gasteiger partial charge in [0.15, 0.2) is 11.6 Å². The summed E-state index contributed by atoms with van der Waals surface area (Å²) in [6.07, 6.45) is 8.64. The number of imidazole rings is 1. The molecule has 1 aliphatic carbocycles. The molecule has 1 saturated carbocycles. The van der Waals surface area contributed by atoms with Gasteiger partial charge in [0.05, 0.1) is 17.4 Å². The van der Waals surface area contributed by atoms with E-state index in [1.807, 2.05) is 12.1 Å². The highest BCUT2D eigenvalue weighted by Crippen LogP contribution is 2.39. The van der Waals surface area contributed by atoms with Gasteiger partial charge in [0, 0.05) is 29.8 Å². The van der Waals surface area contributed by atoms with Crippen molar-refractivity contribution in [3.8, 4) is 0 Å². The van der Waals surface area contributed by atoms with Crippen LogP contribution in [0.4, 0.5) is 5.82 Å². The van der Waals surface area contributed by atoms with Crippen LogP contribution >= 0.6 is 0 Å². The maximum atomic E-state index is 6.73. The Morgan fingerprint density at radius 3 is 3.04 bits per heavy atom. The maximum Gasteiger partial charge on any atom is 0.190 e. The average molecular weight is 376 g/mol. The molecule has 0 bridgehead atoms. The first-order valence-corrected chi connectivity index (χ1v) is 9.72. The third-order valence-electron chi connectivity index (χ3n) is 5.53. The van der Waals surface area contributed by atoms with Gasteiger partial charge in [-0.15, -0.1) is 0 Å². The number of hydrogen-bond acceptors (Lipinski definition) is 6. The highest BCUT2D eigenvalue weighted by Gasteiger charge is 2.36. The van der Waals surface area contributed by atoms with Crippen LogP contribution < -0.4 is 16.4 Å². The van der Waals surface area contributed by atoms with Crippen LogP contribution in [0.25, 0.3) is 11.0 Å².